The highest BCUT2D eigenvalue weighted by atomic mass is 31.2. The maximum absolute atomic E-state index is 12.6. The molecule has 1 aliphatic heterocycles. The SMILES string of the molecule is CCCCC/C=C\CC1OC1C/C=C\C/C=C\CCCC(=O)O[C@H](COC(=O)CCCCCCCCCCCCCCCCC(C)CC)COP(=O)(O)OC[C@@H](O)CO. The lowest BCUT2D eigenvalue weighted by Gasteiger charge is -2.20. The summed E-state index contributed by atoms with van der Waals surface area (Å²) in [6.45, 7) is 4.66. The molecule has 3 N–H and O–H groups in total. The maximum atomic E-state index is 12.6. The molecule has 0 aromatic rings. The van der Waals surface area contributed by atoms with Crippen molar-refractivity contribution >= 4 is 19.8 Å². The van der Waals surface area contributed by atoms with Crippen LogP contribution in [0.4, 0.5) is 0 Å². The summed E-state index contributed by atoms with van der Waals surface area (Å²) >= 11 is 0. The molecule has 0 aromatic carbocycles. The van der Waals surface area contributed by atoms with Gasteiger partial charge in [-0.25, -0.2) is 4.57 Å². The summed E-state index contributed by atoms with van der Waals surface area (Å²) in [6, 6.07) is 0. The zero-order valence-corrected chi connectivity index (χ0v) is 38.2. The number of phosphoric ester groups is 1. The third kappa shape index (κ3) is 35.4. The highest BCUT2D eigenvalue weighted by Crippen LogP contribution is 2.43. The van der Waals surface area contributed by atoms with Crippen LogP contribution < -0.4 is 0 Å². The summed E-state index contributed by atoms with van der Waals surface area (Å²) < 4.78 is 38.5. The van der Waals surface area contributed by atoms with Crippen molar-refractivity contribution in [3.8, 4) is 0 Å². The number of ether oxygens (including phenoxy) is 3. The first-order valence-electron chi connectivity index (χ1n) is 23.5. The predicted octanol–water partition coefficient (Wildman–Crippen LogP) is 11.6. The summed E-state index contributed by atoms with van der Waals surface area (Å²) in [4.78, 5) is 35.1. The third-order valence-electron chi connectivity index (χ3n) is 10.7. The number of carbonyl (C=O) groups is 2. The Hall–Kier alpha value is -1.85. The van der Waals surface area contributed by atoms with Crippen molar-refractivity contribution in [1.29, 1.82) is 0 Å². The second kappa shape index (κ2) is 37.9. The van der Waals surface area contributed by atoms with Crippen molar-refractivity contribution in [2.24, 2.45) is 5.92 Å². The van der Waals surface area contributed by atoms with Crippen LogP contribution in [0.15, 0.2) is 36.5 Å². The van der Waals surface area contributed by atoms with Crippen molar-refractivity contribution in [2.45, 2.75) is 219 Å². The topological polar surface area (TPSA) is 161 Å². The Morgan fingerprint density at radius 1 is 0.661 bits per heavy atom. The minimum atomic E-state index is -4.64. The Morgan fingerprint density at radius 3 is 1.80 bits per heavy atom. The van der Waals surface area contributed by atoms with Gasteiger partial charge in [0.05, 0.1) is 32.0 Å². The molecular formula is C47H85O11P. The zero-order valence-electron chi connectivity index (χ0n) is 37.3. The highest BCUT2D eigenvalue weighted by Gasteiger charge is 2.36. The summed E-state index contributed by atoms with van der Waals surface area (Å²) in [7, 11) is -4.64. The quantitative estimate of drug-likeness (QED) is 0.0176. The van der Waals surface area contributed by atoms with Gasteiger partial charge in [-0.1, -0.05) is 166 Å². The molecule has 1 rings (SSSR count). The molecule has 1 aliphatic rings. The average molecular weight is 857 g/mol. The number of hydrogen-bond donors (Lipinski definition) is 3. The highest BCUT2D eigenvalue weighted by molar-refractivity contribution is 7.47. The van der Waals surface area contributed by atoms with E-state index in [9.17, 15) is 24.2 Å². The fourth-order valence-corrected chi connectivity index (χ4v) is 7.38. The molecule has 0 amide bonds. The van der Waals surface area contributed by atoms with E-state index in [2.05, 4.69) is 51.2 Å². The van der Waals surface area contributed by atoms with Crippen LogP contribution in [0.2, 0.25) is 0 Å². The van der Waals surface area contributed by atoms with Gasteiger partial charge in [-0.3, -0.25) is 18.6 Å². The summed E-state index contributed by atoms with van der Waals surface area (Å²) in [5, 5.41) is 18.4. The lowest BCUT2D eigenvalue weighted by molar-refractivity contribution is -0.161. The van der Waals surface area contributed by atoms with Crippen LogP contribution in [0.1, 0.15) is 194 Å². The molecule has 1 saturated heterocycles. The second-order valence-corrected chi connectivity index (χ2v) is 17.9. The molecule has 1 heterocycles. The average Bonchev–Trinajstić information content (AvgIpc) is 3.98. The van der Waals surface area contributed by atoms with Crippen LogP contribution in [0.3, 0.4) is 0 Å². The van der Waals surface area contributed by atoms with Gasteiger partial charge in [-0.2, -0.15) is 0 Å². The molecule has 0 saturated carbocycles. The Labute approximate surface area is 358 Å². The lowest BCUT2D eigenvalue weighted by atomic mass is 9.99. The monoisotopic (exact) mass is 857 g/mol. The van der Waals surface area contributed by atoms with Gasteiger partial charge in [0.1, 0.15) is 12.7 Å². The minimum absolute atomic E-state index is 0.104. The number of unbranched alkanes of at least 4 members (excludes halogenated alkanes) is 17. The normalized spacial score (nSPS) is 18.1. The first kappa shape index (κ1) is 55.2. The standard InChI is InChI=1S/C47H85O11P/c1-4-6-7-8-23-28-33-44-45(58-44)34-29-24-19-17-21-26-31-36-47(51)57-43(40-56-59(52,53)55-38-42(49)37-48)39-54-46(50)35-30-25-20-16-14-12-10-9-11-13-15-18-22-27-32-41(3)5-2/h17,21,23-24,28-29,41-45,48-49H,4-16,18-20,22,25-27,30-40H2,1-3H3,(H,52,53)/b21-17-,28-23-,29-24-/t41?,42-,43+,44?,45?/m0/s1. The summed E-state index contributed by atoms with van der Waals surface area (Å²) in [5.74, 6) is -0.119. The smallest absolute Gasteiger partial charge is 0.462 e. The molecule has 0 aliphatic carbocycles. The van der Waals surface area contributed by atoms with Gasteiger partial charge in [0.25, 0.3) is 0 Å². The van der Waals surface area contributed by atoms with E-state index < -0.39 is 51.8 Å². The number of phosphoric acid groups is 1. The van der Waals surface area contributed by atoms with E-state index in [1.54, 1.807) is 0 Å². The summed E-state index contributed by atoms with van der Waals surface area (Å²) in [5.41, 5.74) is 0. The largest absolute Gasteiger partial charge is 0.472 e. The van der Waals surface area contributed by atoms with Crippen LogP contribution in [0.25, 0.3) is 0 Å². The van der Waals surface area contributed by atoms with Crippen LogP contribution in [-0.4, -0.2) is 77.9 Å². The minimum Gasteiger partial charge on any atom is -0.462 e. The molecule has 0 radical (unpaired) electrons. The zero-order chi connectivity index (χ0) is 43.2. The van der Waals surface area contributed by atoms with Gasteiger partial charge in [0, 0.05) is 12.8 Å². The van der Waals surface area contributed by atoms with E-state index in [1.165, 1.54) is 96.3 Å². The molecular weight excluding hydrogens is 771 g/mol. The first-order valence-corrected chi connectivity index (χ1v) is 25.0. The van der Waals surface area contributed by atoms with Gasteiger partial charge < -0.3 is 29.3 Å². The van der Waals surface area contributed by atoms with Crippen LogP contribution in [0, 0.1) is 5.92 Å². The van der Waals surface area contributed by atoms with Gasteiger partial charge in [-0.15, -0.1) is 0 Å². The Kier molecular flexibility index (Phi) is 35.4. The van der Waals surface area contributed by atoms with Crippen LogP contribution in [-0.2, 0) is 37.4 Å². The van der Waals surface area contributed by atoms with Gasteiger partial charge >= 0.3 is 19.8 Å². The Bertz CT molecular complexity index is 1160. The van der Waals surface area contributed by atoms with Gasteiger partial charge in [0.15, 0.2) is 6.10 Å². The number of aliphatic hydroxyl groups is 2. The predicted molar refractivity (Wildman–Crippen MR) is 237 cm³/mol. The summed E-state index contributed by atoms with van der Waals surface area (Å²) in [6.07, 6.45) is 40.0. The lowest BCUT2D eigenvalue weighted by Crippen LogP contribution is -2.29. The Balaban J connectivity index is 2.25. The number of esters is 2. The number of hydrogen-bond acceptors (Lipinski definition) is 10. The second-order valence-electron chi connectivity index (χ2n) is 16.4. The van der Waals surface area contributed by atoms with Crippen LogP contribution >= 0.6 is 7.82 Å². The number of aliphatic hydroxyl groups excluding tert-OH is 2. The van der Waals surface area contributed by atoms with E-state index in [0.29, 0.717) is 31.5 Å². The fraction of sp³-hybridized carbons (Fsp3) is 0.830. The molecule has 0 aromatic heterocycles. The van der Waals surface area contributed by atoms with Crippen molar-refractivity contribution in [3.05, 3.63) is 36.5 Å². The van der Waals surface area contributed by atoms with Crippen molar-refractivity contribution < 1.29 is 52.5 Å². The molecule has 12 heteroatoms. The number of epoxide rings is 1. The maximum Gasteiger partial charge on any atom is 0.472 e. The molecule has 59 heavy (non-hydrogen) atoms. The molecule has 11 nitrogen and oxygen atoms in total. The van der Waals surface area contributed by atoms with E-state index in [1.807, 2.05) is 6.08 Å². The van der Waals surface area contributed by atoms with Gasteiger partial charge in [-0.05, 0) is 57.3 Å². The fourth-order valence-electron chi connectivity index (χ4n) is 6.59. The van der Waals surface area contributed by atoms with E-state index in [4.69, 9.17) is 28.4 Å². The molecule has 4 unspecified atom stereocenters. The van der Waals surface area contributed by atoms with Crippen molar-refractivity contribution in [2.75, 3.05) is 26.4 Å². The molecule has 6 atom stereocenters. The van der Waals surface area contributed by atoms with E-state index >= 15 is 0 Å². The Morgan fingerprint density at radius 2 is 1.19 bits per heavy atom. The number of carbonyl (C=O) groups excluding carboxylic acids is 2. The van der Waals surface area contributed by atoms with E-state index in [0.717, 1.165) is 50.9 Å². The van der Waals surface area contributed by atoms with Crippen LogP contribution in [0.5, 0.6) is 0 Å². The van der Waals surface area contributed by atoms with Crippen molar-refractivity contribution in [3.63, 3.8) is 0 Å². The van der Waals surface area contributed by atoms with Crippen molar-refractivity contribution in [1.82, 2.24) is 0 Å². The molecule has 344 valence electrons. The number of allylic oxidation sites excluding steroid dienone is 4. The molecule has 1 fully saturated rings. The van der Waals surface area contributed by atoms with E-state index in [-0.39, 0.29) is 19.4 Å². The number of rotatable bonds is 42. The third-order valence-corrected chi connectivity index (χ3v) is 11.7. The molecule has 0 spiro atoms. The molecule has 0 bridgehead atoms. The first-order chi connectivity index (χ1) is 28.6. The van der Waals surface area contributed by atoms with Gasteiger partial charge in [0.2, 0.25) is 0 Å².